The number of likely N-dealkylation sites (tertiary alicyclic amines) is 1. The van der Waals surface area contributed by atoms with Gasteiger partial charge in [0.25, 0.3) is 0 Å². The highest BCUT2D eigenvalue weighted by Crippen LogP contribution is 2.26. The molecule has 0 aromatic heterocycles. The van der Waals surface area contributed by atoms with E-state index in [0.29, 0.717) is 25.6 Å². The summed E-state index contributed by atoms with van der Waals surface area (Å²) in [5.74, 6) is -1.17. The average molecular weight is 295 g/mol. The van der Waals surface area contributed by atoms with Gasteiger partial charge in [0.05, 0.1) is 5.92 Å². The number of nitrogens with zero attached hydrogens (tertiary/aromatic N) is 3. The molecule has 0 aromatic carbocycles. The minimum atomic E-state index is -0.777. The molecule has 0 radical (unpaired) electrons. The SMILES string of the molecule is CC1CN2CCCC2CN1C(=O)N1CCCC(C(=O)O)C1. The summed E-state index contributed by atoms with van der Waals surface area (Å²) in [5, 5.41) is 9.16. The van der Waals surface area contributed by atoms with Crippen molar-refractivity contribution in [3.05, 3.63) is 0 Å². The highest BCUT2D eigenvalue weighted by Gasteiger charge is 2.39. The van der Waals surface area contributed by atoms with Gasteiger partial charge in [0.1, 0.15) is 0 Å². The van der Waals surface area contributed by atoms with Crippen molar-refractivity contribution < 1.29 is 14.7 Å². The lowest BCUT2D eigenvalue weighted by Crippen LogP contribution is -2.60. The zero-order valence-electron chi connectivity index (χ0n) is 12.7. The van der Waals surface area contributed by atoms with Crippen LogP contribution in [0.5, 0.6) is 0 Å². The largest absolute Gasteiger partial charge is 0.481 e. The molecule has 6 nitrogen and oxygen atoms in total. The zero-order valence-corrected chi connectivity index (χ0v) is 12.7. The molecular weight excluding hydrogens is 270 g/mol. The first kappa shape index (κ1) is 14.6. The number of piperidine rings is 1. The van der Waals surface area contributed by atoms with Gasteiger partial charge in [-0.15, -0.1) is 0 Å². The Labute approximate surface area is 125 Å². The molecule has 3 fully saturated rings. The number of rotatable bonds is 1. The number of carboxylic acid groups (broad SMARTS) is 1. The lowest BCUT2D eigenvalue weighted by molar-refractivity contribution is -0.143. The van der Waals surface area contributed by atoms with Gasteiger partial charge < -0.3 is 14.9 Å². The van der Waals surface area contributed by atoms with Crippen molar-refractivity contribution >= 4 is 12.0 Å². The van der Waals surface area contributed by atoms with Crippen LogP contribution in [0.2, 0.25) is 0 Å². The first-order valence-corrected chi connectivity index (χ1v) is 8.08. The van der Waals surface area contributed by atoms with Crippen molar-refractivity contribution in [2.75, 3.05) is 32.7 Å². The Morgan fingerprint density at radius 2 is 1.81 bits per heavy atom. The smallest absolute Gasteiger partial charge is 0.320 e. The Morgan fingerprint density at radius 3 is 2.57 bits per heavy atom. The van der Waals surface area contributed by atoms with E-state index in [1.54, 1.807) is 4.90 Å². The predicted molar refractivity (Wildman–Crippen MR) is 78.1 cm³/mol. The molecule has 0 bridgehead atoms. The van der Waals surface area contributed by atoms with Gasteiger partial charge in [0, 0.05) is 38.3 Å². The summed E-state index contributed by atoms with van der Waals surface area (Å²) in [5.41, 5.74) is 0. The second-order valence-corrected chi connectivity index (χ2v) is 6.70. The fraction of sp³-hybridized carbons (Fsp3) is 0.867. The fourth-order valence-electron chi connectivity index (χ4n) is 3.99. The number of carbonyl (C=O) groups excluding carboxylic acids is 1. The third kappa shape index (κ3) is 2.86. The minimum absolute atomic E-state index is 0.0417. The highest BCUT2D eigenvalue weighted by molar-refractivity contribution is 5.77. The van der Waals surface area contributed by atoms with E-state index in [1.165, 1.54) is 12.8 Å². The first-order valence-electron chi connectivity index (χ1n) is 8.08. The summed E-state index contributed by atoms with van der Waals surface area (Å²) >= 11 is 0. The Hall–Kier alpha value is -1.30. The van der Waals surface area contributed by atoms with Gasteiger partial charge in [-0.2, -0.15) is 0 Å². The Kier molecular flexibility index (Phi) is 4.06. The maximum Gasteiger partial charge on any atom is 0.320 e. The summed E-state index contributed by atoms with van der Waals surface area (Å²) in [7, 11) is 0. The maximum atomic E-state index is 12.8. The van der Waals surface area contributed by atoms with Crippen molar-refractivity contribution in [2.45, 2.75) is 44.7 Å². The molecule has 2 amide bonds. The summed E-state index contributed by atoms with van der Waals surface area (Å²) in [6.45, 7) is 6.07. The lowest BCUT2D eigenvalue weighted by Gasteiger charge is -2.45. The number of hydrogen-bond acceptors (Lipinski definition) is 3. The van der Waals surface area contributed by atoms with E-state index < -0.39 is 11.9 Å². The molecule has 3 rings (SSSR count). The van der Waals surface area contributed by atoms with E-state index in [9.17, 15) is 9.59 Å². The van der Waals surface area contributed by atoms with Gasteiger partial charge in [-0.3, -0.25) is 9.69 Å². The zero-order chi connectivity index (χ0) is 15.0. The summed E-state index contributed by atoms with van der Waals surface area (Å²) in [6, 6.07) is 0.766. The molecule has 6 heteroatoms. The second-order valence-electron chi connectivity index (χ2n) is 6.70. The van der Waals surface area contributed by atoms with Crippen LogP contribution in [-0.4, -0.2) is 76.6 Å². The molecule has 118 valence electrons. The van der Waals surface area contributed by atoms with E-state index in [-0.39, 0.29) is 12.1 Å². The normalized spacial score (nSPS) is 33.9. The van der Waals surface area contributed by atoms with Crippen molar-refractivity contribution in [1.29, 1.82) is 0 Å². The molecule has 3 saturated heterocycles. The molecule has 3 heterocycles. The molecule has 0 aliphatic carbocycles. The first-order chi connectivity index (χ1) is 10.1. The Balaban J connectivity index is 1.65. The Bertz CT molecular complexity index is 428. The predicted octanol–water partition coefficient (Wildman–Crippen LogP) is 1.07. The molecule has 0 saturated carbocycles. The van der Waals surface area contributed by atoms with Gasteiger partial charge >= 0.3 is 12.0 Å². The van der Waals surface area contributed by atoms with Crippen LogP contribution in [-0.2, 0) is 4.79 Å². The molecule has 3 aliphatic heterocycles. The van der Waals surface area contributed by atoms with Crippen LogP contribution >= 0.6 is 0 Å². The average Bonchev–Trinajstić information content (AvgIpc) is 2.92. The Morgan fingerprint density at radius 1 is 1.05 bits per heavy atom. The van der Waals surface area contributed by atoms with Crippen molar-refractivity contribution in [3.63, 3.8) is 0 Å². The number of aliphatic carboxylic acids is 1. The van der Waals surface area contributed by atoms with Gasteiger partial charge in [0.2, 0.25) is 0 Å². The quantitative estimate of drug-likeness (QED) is 0.786. The molecule has 0 spiro atoms. The fourth-order valence-corrected chi connectivity index (χ4v) is 3.99. The maximum absolute atomic E-state index is 12.8. The summed E-state index contributed by atoms with van der Waals surface area (Å²) in [4.78, 5) is 30.1. The van der Waals surface area contributed by atoms with E-state index in [4.69, 9.17) is 5.11 Å². The van der Waals surface area contributed by atoms with Crippen LogP contribution in [0, 0.1) is 5.92 Å². The van der Waals surface area contributed by atoms with Crippen LogP contribution in [0.3, 0.4) is 0 Å². The molecule has 3 atom stereocenters. The molecule has 21 heavy (non-hydrogen) atoms. The van der Waals surface area contributed by atoms with Crippen LogP contribution < -0.4 is 0 Å². The van der Waals surface area contributed by atoms with Gasteiger partial charge in [-0.05, 0) is 39.2 Å². The molecule has 3 unspecified atom stereocenters. The number of urea groups is 1. The van der Waals surface area contributed by atoms with E-state index >= 15 is 0 Å². The molecule has 0 aromatic rings. The number of carbonyl (C=O) groups is 2. The van der Waals surface area contributed by atoms with E-state index in [2.05, 4.69) is 11.8 Å². The van der Waals surface area contributed by atoms with Crippen LogP contribution in [0.4, 0.5) is 4.79 Å². The van der Waals surface area contributed by atoms with Crippen LogP contribution in [0.25, 0.3) is 0 Å². The third-order valence-electron chi connectivity index (χ3n) is 5.22. The molecular formula is C15H25N3O3. The van der Waals surface area contributed by atoms with Crippen molar-refractivity contribution in [1.82, 2.24) is 14.7 Å². The van der Waals surface area contributed by atoms with Gasteiger partial charge in [-0.1, -0.05) is 0 Å². The summed E-state index contributed by atoms with van der Waals surface area (Å²) in [6.07, 6.45) is 3.88. The highest BCUT2D eigenvalue weighted by atomic mass is 16.4. The minimum Gasteiger partial charge on any atom is -0.481 e. The molecule has 3 aliphatic rings. The standard InChI is InChI=1S/C15H25N3O3/c1-11-8-16-6-3-5-13(16)10-18(11)15(21)17-7-2-4-12(9-17)14(19)20/h11-13H,2-10H2,1H3,(H,19,20). The van der Waals surface area contributed by atoms with Crippen molar-refractivity contribution in [3.8, 4) is 0 Å². The summed E-state index contributed by atoms with van der Waals surface area (Å²) < 4.78 is 0. The van der Waals surface area contributed by atoms with E-state index in [0.717, 1.165) is 26.1 Å². The number of piperazine rings is 1. The number of hydrogen-bond donors (Lipinski definition) is 1. The third-order valence-corrected chi connectivity index (χ3v) is 5.22. The number of amides is 2. The van der Waals surface area contributed by atoms with E-state index in [1.807, 2.05) is 4.90 Å². The molecule has 1 N–H and O–H groups in total. The number of fused-ring (bicyclic) bond motifs is 1. The second kappa shape index (κ2) is 5.83. The van der Waals surface area contributed by atoms with Crippen molar-refractivity contribution in [2.24, 2.45) is 5.92 Å². The topological polar surface area (TPSA) is 64.1 Å². The monoisotopic (exact) mass is 295 g/mol. The van der Waals surface area contributed by atoms with Gasteiger partial charge in [-0.25, -0.2) is 4.79 Å². The van der Waals surface area contributed by atoms with Gasteiger partial charge in [0.15, 0.2) is 0 Å². The van der Waals surface area contributed by atoms with Crippen LogP contribution in [0.1, 0.15) is 32.6 Å². The van der Waals surface area contributed by atoms with Crippen LogP contribution in [0.15, 0.2) is 0 Å². The lowest BCUT2D eigenvalue weighted by atomic mass is 9.98. The number of carboxylic acids is 1.